The van der Waals surface area contributed by atoms with Gasteiger partial charge < -0.3 is 14.2 Å². The van der Waals surface area contributed by atoms with Crippen LogP contribution in [0.1, 0.15) is 31.8 Å². The van der Waals surface area contributed by atoms with Crippen molar-refractivity contribution in [2.75, 3.05) is 6.61 Å². The number of hydrogen-bond donors (Lipinski definition) is 0. The first-order valence-electron chi connectivity index (χ1n) is 11.8. The Morgan fingerprint density at radius 2 is 1.13 bits per heavy atom. The molecule has 0 atom stereocenters. The van der Waals surface area contributed by atoms with Crippen LogP contribution < -0.4 is 9.47 Å². The van der Waals surface area contributed by atoms with Gasteiger partial charge in [-0.15, -0.1) is 0 Å². The monoisotopic (exact) mass is 504 g/mol. The van der Waals surface area contributed by atoms with E-state index in [-0.39, 0.29) is 18.1 Å². The second-order valence-electron chi connectivity index (χ2n) is 7.99. The zero-order valence-electron chi connectivity index (χ0n) is 20.4. The number of esters is 3. The summed E-state index contributed by atoms with van der Waals surface area (Å²) in [5, 5.41) is 0. The molecule has 4 aromatic rings. The number of hydrogen-bond acceptors (Lipinski definition) is 6. The van der Waals surface area contributed by atoms with E-state index in [0.29, 0.717) is 16.7 Å². The summed E-state index contributed by atoms with van der Waals surface area (Å²) in [6.07, 6.45) is 6.40. The lowest BCUT2D eigenvalue weighted by Crippen LogP contribution is -2.12. The predicted molar refractivity (Wildman–Crippen MR) is 145 cm³/mol. The number of carbonyl (C=O) groups is 3. The lowest BCUT2D eigenvalue weighted by molar-refractivity contribution is -0.136. The normalized spacial score (nSPS) is 10.8. The molecule has 0 aliphatic rings. The molecule has 4 rings (SSSR count). The van der Waals surface area contributed by atoms with Crippen LogP contribution in [0.5, 0.6) is 11.5 Å². The van der Waals surface area contributed by atoms with Crippen LogP contribution in [0.3, 0.4) is 0 Å². The zero-order valence-corrected chi connectivity index (χ0v) is 20.4. The van der Waals surface area contributed by atoms with Gasteiger partial charge in [0.15, 0.2) is 11.5 Å². The molecular weight excluding hydrogens is 480 g/mol. The second kappa shape index (κ2) is 13.2. The van der Waals surface area contributed by atoms with Gasteiger partial charge in [0.1, 0.15) is 6.61 Å². The summed E-state index contributed by atoms with van der Waals surface area (Å²) < 4.78 is 16.3. The van der Waals surface area contributed by atoms with E-state index in [1.54, 1.807) is 72.8 Å². The van der Waals surface area contributed by atoms with Gasteiger partial charge in [-0.25, -0.2) is 14.4 Å². The fourth-order valence-electron chi connectivity index (χ4n) is 3.35. The van der Waals surface area contributed by atoms with Gasteiger partial charge in [-0.05, 0) is 59.7 Å². The molecule has 38 heavy (non-hydrogen) atoms. The molecule has 188 valence electrons. The topological polar surface area (TPSA) is 78.9 Å². The first-order valence-corrected chi connectivity index (χ1v) is 11.8. The molecule has 4 aromatic carbocycles. The highest BCUT2D eigenvalue weighted by Gasteiger charge is 2.16. The molecule has 0 fully saturated rings. The summed E-state index contributed by atoms with van der Waals surface area (Å²) in [7, 11) is 0. The first kappa shape index (κ1) is 25.9. The lowest BCUT2D eigenvalue weighted by Gasteiger charge is -2.12. The Morgan fingerprint density at radius 1 is 0.579 bits per heavy atom. The fourth-order valence-corrected chi connectivity index (χ4v) is 3.35. The average molecular weight is 505 g/mol. The molecular formula is C32H24O6. The van der Waals surface area contributed by atoms with Gasteiger partial charge in [0.2, 0.25) is 0 Å². The van der Waals surface area contributed by atoms with Gasteiger partial charge >= 0.3 is 17.9 Å². The molecule has 0 unspecified atom stereocenters. The fraction of sp³-hybridized carbons (Fsp3) is 0.0312. The maximum Gasteiger partial charge on any atom is 0.343 e. The summed E-state index contributed by atoms with van der Waals surface area (Å²) in [6, 6.07) is 31.2. The van der Waals surface area contributed by atoms with E-state index in [0.717, 1.165) is 5.56 Å². The summed E-state index contributed by atoms with van der Waals surface area (Å²) in [5.74, 6) is -1.66. The minimum atomic E-state index is -0.617. The highest BCUT2D eigenvalue weighted by atomic mass is 16.6. The standard InChI is InChI=1S/C32H24O6/c33-30(36-22-10-13-24-11-4-1-5-12-24)21-19-25-18-20-28(37-31(34)26-14-6-2-7-15-26)29(23-25)38-32(35)27-16-8-3-9-17-27/h1-21,23H,22H2/b13-10+,21-19+. The molecule has 0 saturated carbocycles. The van der Waals surface area contributed by atoms with Gasteiger partial charge in [-0.2, -0.15) is 0 Å². The van der Waals surface area contributed by atoms with E-state index in [1.165, 1.54) is 24.3 Å². The Kier molecular flexibility index (Phi) is 8.97. The highest BCUT2D eigenvalue weighted by molar-refractivity contribution is 5.93. The average Bonchev–Trinajstić information content (AvgIpc) is 2.96. The lowest BCUT2D eigenvalue weighted by atomic mass is 10.1. The molecule has 0 aliphatic carbocycles. The van der Waals surface area contributed by atoms with Crippen molar-refractivity contribution in [3.8, 4) is 11.5 Å². The first-order chi connectivity index (χ1) is 18.6. The Morgan fingerprint density at radius 3 is 1.74 bits per heavy atom. The zero-order chi connectivity index (χ0) is 26.6. The van der Waals surface area contributed by atoms with Gasteiger partial charge in [-0.1, -0.05) is 78.9 Å². The molecule has 6 heteroatoms. The minimum Gasteiger partial charge on any atom is -0.458 e. The van der Waals surface area contributed by atoms with Gasteiger partial charge in [0.05, 0.1) is 11.1 Å². The number of benzene rings is 4. The largest absolute Gasteiger partial charge is 0.458 e. The number of ether oxygens (including phenoxy) is 3. The summed E-state index contributed by atoms with van der Waals surface area (Å²) in [4.78, 5) is 37.4. The molecule has 0 aliphatic heterocycles. The Labute approximate surface area is 220 Å². The second-order valence-corrected chi connectivity index (χ2v) is 7.99. The maximum absolute atomic E-state index is 12.7. The summed E-state index contributed by atoms with van der Waals surface area (Å²) >= 11 is 0. The third-order valence-corrected chi connectivity index (χ3v) is 5.24. The van der Waals surface area contributed by atoms with Crippen LogP contribution in [0.15, 0.2) is 121 Å². The molecule has 0 amide bonds. The van der Waals surface area contributed by atoms with E-state index in [2.05, 4.69) is 0 Å². The highest BCUT2D eigenvalue weighted by Crippen LogP contribution is 2.30. The number of rotatable bonds is 9. The van der Waals surface area contributed by atoms with Crippen molar-refractivity contribution in [3.05, 3.63) is 144 Å². The van der Waals surface area contributed by atoms with E-state index < -0.39 is 17.9 Å². The predicted octanol–water partition coefficient (Wildman–Crippen LogP) is 6.39. The SMILES string of the molecule is O=C(/C=C/c1ccc(OC(=O)c2ccccc2)c(OC(=O)c2ccccc2)c1)OC/C=C/c1ccccc1. The van der Waals surface area contributed by atoms with Gasteiger partial charge in [-0.3, -0.25) is 0 Å². The molecule has 0 N–H and O–H groups in total. The Hall–Kier alpha value is -5.23. The third kappa shape index (κ3) is 7.63. The molecule has 0 heterocycles. The van der Waals surface area contributed by atoms with Crippen molar-refractivity contribution in [1.82, 2.24) is 0 Å². The van der Waals surface area contributed by atoms with Crippen LogP contribution in [-0.4, -0.2) is 24.5 Å². The van der Waals surface area contributed by atoms with Crippen LogP contribution in [0, 0.1) is 0 Å². The quantitative estimate of drug-likeness (QED) is 0.149. The molecule has 0 aromatic heterocycles. The summed E-state index contributed by atoms with van der Waals surface area (Å²) in [6.45, 7) is 0.117. The van der Waals surface area contributed by atoms with Crippen molar-refractivity contribution in [3.63, 3.8) is 0 Å². The van der Waals surface area contributed by atoms with E-state index in [4.69, 9.17) is 14.2 Å². The molecule has 0 radical (unpaired) electrons. The van der Waals surface area contributed by atoms with Crippen molar-refractivity contribution in [2.45, 2.75) is 0 Å². The van der Waals surface area contributed by atoms with Crippen LogP contribution in [-0.2, 0) is 9.53 Å². The molecule has 0 spiro atoms. The van der Waals surface area contributed by atoms with E-state index >= 15 is 0 Å². The van der Waals surface area contributed by atoms with Crippen LogP contribution in [0.4, 0.5) is 0 Å². The van der Waals surface area contributed by atoms with Crippen molar-refractivity contribution >= 4 is 30.1 Å². The van der Waals surface area contributed by atoms with Crippen LogP contribution >= 0.6 is 0 Å². The number of carbonyl (C=O) groups excluding carboxylic acids is 3. The summed E-state index contributed by atoms with van der Waals surface area (Å²) in [5.41, 5.74) is 2.23. The van der Waals surface area contributed by atoms with Gasteiger partial charge in [0.25, 0.3) is 0 Å². The molecule has 6 nitrogen and oxygen atoms in total. The van der Waals surface area contributed by atoms with Crippen molar-refractivity contribution in [1.29, 1.82) is 0 Å². The Balaban J connectivity index is 1.46. The van der Waals surface area contributed by atoms with E-state index in [9.17, 15) is 14.4 Å². The van der Waals surface area contributed by atoms with E-state index in [1.807, 2.05) is 36.4 Å². The smallest absolute Gasteiger partial charge is 0.343 e. The van der Waals surface area contributed by atoms with Gasteiger partial charge in [0, 0.05) is 6.08 Å². The minimum absolute atomic E-state index is 0.0319. The molecule has 0 bridgehead atoms. The third-order valence-electron chi connectivity index (χ3n) is 5.24. The van der Waals surface area contributed by atoms with Crippen LogP contribution in [0.25, 0.3) is 12.2 Å². The van der Waals surface area contributed by atoms with Crippen LogP contribution in [0.2, 0.25) is 0 Å². The maximum atomic E-state index is 12.7. The Bertz CT molecular complexity index is 1440. The molecule has 0 saturated heterocycles. The van der Waals surface area contributed by atoms with Crippen molar-refractivity contribution in [2.24, 2.45) is 0 Å². The van der Waals surface area contributed by atoms with Crippen molar-refractivity contribution < 1.29 is 28.6 Å².